The normalized spacial score (nSPS) is 18.5. The number of nitrogens with one attached hydrogen (secondary N) is 9. The average molecular weight is 1630 g/mol. The lowest BCUT2D eigenvalue weighted by atomic mass is 9.81. The molecule has 8 atom stereocenters. The van der Waals surface area contributed by atoms with Crippen molar-refractivity contribution in [2.24, 2.45) is 5.73 Å². The number of imide groups is 1. The molecule has 5 aliphatic rings. The summed E-state index contributed by atoms with van der Waals surface area (Å²) in [7, 11) is 5.15. The number of likely N-dealkylation sites (N-methyl/N-ethyl adjacent to an activating group) is 4. The van der Waals surface area contributed by atoms with Crippen LogP contribution >= 0.6 is 0 Å². The highest BCUT2D eigenvalue weighted by atomic mass is 19.1. The van der Waals surface area contributed by atoms with Crippen molar-refractivity contribution in [1.82, 2.24) is 81.9 Å². The summed E-state index contributed by atoms with van der Waals surface area (Å²) in [5.74, 6) is -14.0. The molecule has 1 aliphatic carbocycles. The van der Waals surface area contributed by atoms with E-state index in [0.29, 0.717) is 56.6 Å². The van der Waals surface area contributed by atoms with Crippen LogP contribution in [0.3, 0.4) is 0 Å². The van der Waals surface area contributed by atoms with Gasteiger partial charge in [-0.25, -0.2) is 14.2 Å². The summed E-state index contributed by atoms with van der Waals surface area (Å²) in [5, 5.41) is 55.9. The summed E-state index contributed by atoms with van der Waals surface area (Å²) < 4.78 is 33.4. The highest BCUT2D eigenvalue weighted by Crippen LogP contribution is 2.46. The van der Waals surface area contributed by atoms with Gasteiger partial charge in [-0.1, -0.05) is 37.3 Å². The van der Waals surface area contributed by atoms with E-state index >= 15 is 4.39 Å². The summed E-state index contributed by atoms with van der Waals surface area (Å²) >= 11 is 0. The Balaban J connectivity index is 0.729. The number of aryl methyl sites for hydroxylation is 1. The van der Waals surface area contributed by atoms with Gasteiger partial charge >= 0.3 is 5.97 Å². The first-order valence-corrected chi connectivity index (χ1v) is 37.2. The number of primary amides is 1. The van der Waals surface area contributed by atoms with Crippen LogP contribution in [0.1, 0.15) is 90.4 Å². The monoisotopic (exact) mass is 1630 g/mol. The lowest BCUT2D eigenvalue weighted by Crippen LogP contribution is -2.53. The van der Waals surface area contributed by atoms with Crippen LogP contribution < -0.4 is 59.1 Å². The predicted octanol–water partition coefficient (Wildman–Crippen LogP) is -7.19. The van der Waals surface area contributed by atoms with Gasteiger partial charge in [0.2, 0.25) is 82.7 Å². The zero-order chi connectivity index (χ0) is 85.4. The number of benzene rings is 2. The molecule has 6 heterocycles. The van der Waals surface area contributed by atoms with Crippen LogP contribution in [-0.2, 0) is 127 Å². The molecule has 41 nitrogen and oxygen atoms in total. The number of aliphatic hydroxyl groups excluding tert-OH is 2. The summed E-state index contributed by atoms with van der Waals surface area (Å²) in [4.78, 5) is 243. The number of fused-ring (bicyclic) bond motifs is 5. The number of aromatic nitrogens is 2. The molecule has 0 saturated carbocycles. The second-order valence-corrected chi connectivity index (χ2v) is 28.6. The molecule has 42 heteroatoms. The molecule has 4 aliphatic heterocycles. The first-order chi connectivity index (χ1) is 55.5. The number of carbonyl (C=O) groups excluding carboxylic acids is 17. The van der Waals surface area contributed by atoms with Crippen molar-refractivity contribution in [1.29, 1.82) is 0 Å². The molecule has 117 heavy (non-hydrogen) atoms. The molecule has 2 aromatic heterocycles. The molecule has 4 aromatic rings. The number of nitrogens with zero attached hydrogens (tertiary/aromatic N) is 7. The van der Waals surface area contributed by atoms with Crippen LogP contribution in [0.5, 0.6) is 0 Å². The van der Waals surface area contributed by atoms with E-state index in [9.17, 15) is 102 Å². The van der Waals surface area contributed by atoms with Crippen LogP contribution in [-0.4, -0.2) is 293 Å². The van der Waals surface area contributed by atoms with Gasteiger partial charge in [0.15, 0.2) is 5.60 Å². The molecule has 0 radical (unpaired) electrons. The van der Waals surface area contributed by atoms with E-state index in [2.05, 4.69) is 47.9 Å². The topological polar surface area (TPSA) is 564 Å². The third-order valence-electron chi connectivity index (χ3n) is 20.3. The van der Waals surface area contributed by atoms with Crippen LogP contribution in [0, 0.1) is 12.7 Å². The van der Waals surface area contributed by atoms with Crippen molar-refractivity contribution >= 4 is 111 Å². The minimum Gasteiger partial charge on any atom is -0.458 e. The van der Waals surface area contributed by atoms with Gasteiger partial charge in [-0.2, -0.15) is 0 Å². The Morgan fingerprint density at radius 2 is 1.28 bits per heavy atom. The van der Waals surface area contributed by atoms with E-state index in [1.165, 1.54) is 44.9 Å². The average Bonchev–Trinajstić information content (AvgIpc) is 1.58. The number of aliphatic hydroxyl groups is 3. The molecular weight excluding hydrogens is 1540 g/mol. The fourth-order valence-corrected chi connectivity index (χ4v) is 13.7. The Bertz CT molecular complexity index is 4710. The van der Waals surface area contributed by atoms with E-state index in [1.807, 2.05) is 0 Å². The van der Waals surface area contributed by atoms with Crippen LogP contribution in [0.25, 0.3) is 22.3 Å². The van der Waals surface area contributed by atoms with Gasteiger partial charge < -0.3 is 107 Å². The maximum absolute atomic E-state index is 15.5. The Kier molecular flexibility index (Phi) is 29.6. The maximum atomic E-state index is 15.5. The molecule has 0 bridgehead atoms. The van der Waals surface area contributed by atoms with Gasteiger partial charge in [-0.15, -0.1) is 0 Å². The standard InChI is InChI=1S/C75H92FN17O24/c1-7-75(114)43-22-49-68-41(29-92(49)73(112)42(43)35-116-74(75)113)67-45(14-13-40-38(2)44(76)23-47(87-68)66(40)67)84-59(101)36-115-37-83-56(98)27-82-72(111)48(21-39-11-9-8-10-12-39)86-57(99)28-80-55(97)26-81-71(110)46(85-54(96)19-20-78-58(100)31-93-60(102)17-18-61(93)103)15-16-53(95)79-25-51-70(109)69(108)50(117-51)24-62(104)89(4)32-64(106)91(6)34-65(107)90(5)33-63(105)88(3)30-52(77)94/h8-12,17-18,22-23,45-46,48,50-51,69-70,108-109,114H,7,13-16,19-21,24-37H2,1-6H3,(H2,77,94)(H,78,100)(H,79,95)(H,80,97)(H,81,110)(H,82,111)(H,83,98)(H,84,101)(H,85,96)(H,86,99)/t45-,46?,48-,50-,51+,69-,70+,75-/m0/s1. The highest BCUT2D eigenvalue weighted by Gasteiger charge is 2.47. The van der Waals surface area contributed by atoms with Crippen molar-refractivity contribution in [2.75, 3.05) is 107 Å². The fourth-order valence-electron chi connectivity index (χ4n) is 13.7. The smallest absolute Gasteiger partial charge is 0.343 e. The number of ether oxygens (including phenoxy) is 3. The molecule has 1 fully saturated rings. The SMILES string of the molecule is CC[C@@]1(O)C(=O)OCc2c1cc1n(c2=O)Cc2c-1nc1cc(F)c(C)c3c1c2[C@@H](NC(=O)COCNC(=O)CNC(=O)[C@H](Cc1ccccc1)NC(=O)CNC(=O)CNC(=O)C(CCC(=O)NC[C@H]1O[C@@H](CC(=O)N(C)CC(=O)N(C)CC(=O)N(C)CC(=O)N(C)CC(N)=O)[C@H](O)[C@@H]1O)NC(=O)CCNC(=O)CN1C(=O)C=CC1=O)CC3. The summed E-state index contributed by atoms with van der Waals surface area (Å²) in [6.45, 7) is -3.84. The minimum absolute atomic E-state index is 0.00303. The van der Waals surface area contributed by atoms with Crippen molar-refractivity contribution in [2.45, 2.75) is 127 Å². The third kappa shape index (κ3) is 22.1. The van der Waals surface area contributed by atoms with E-state index in [0.717, 1.165) is 31.8 Å². The van der Waals surface area contributed by atoms with Gasteiger partial charge in [0.05, 0.1) is 93.4 Å². The Hall–Kier alpha value is -12.5. The maximum Gasteiger partial charge on any atom is 0.343 e. The number of cyclic esters (lactones) is 1. The van der Waals surface area contributed by atoms with Crippen LogP contribution in [0.15, 0.2) is 59.4 Å². The first kappa shape index (κ1) is 88.4. The summed E-state index contributed by atoms with van der Waals surface area (Å²) in [6.07, 6.45) is -5.68. The zero-order valence-electron chi connectivity index (χ0n) is 64.8. The number of carbonyl (C=O) groups is 17. The summed E-state index contributed by atoms with van der Waals surface area (Å²) in [5.41, 5.74) is 6.32. The summed E-state index contributed by atoms with van der Waals surface area (Å²) in [6, 6.07) is 7.54. The zero-order valence-corrected chi connectivity index (χ0v) is 64.8. The fraction of sp³-hybridized carbons (Fsp3) is 0.480. The second-order valence-electron chi connectivity index (χ2n) is 28.6. The molecule has 1 unspecified atom stereocenters. The van der Waals surface area contributed by atoms with Gasteiger partial charge in [-0.3, -0.25) is 86.4 Å². The molecule has 2 aromatic carbocycles. The molecular formula is C75H92FN17O24. The predicted molar refractivity (Wildman–Crippen MR) is 401 cm³/mol. The van der Waals surface area contributed by atoms with Crippen LogP contribution in [0.2, 0.25) is 0 Å². The highest BCUT2D eigenvalue weighted by molar-refractivity contribution is 6.14. The number of hydrogen-bond donors (Lipinski definition) is 13. The first-order valence-electron chi connectivity index (χ1n) is 37.2. The molecule has 16 amide bonds. The molecule has 14 N–H and O–H groups in total. The van der Waals surface area contributed by atoms with E-state index < -0.39 is 251 Å². The van der Waals surface area contributed by atoms with E-state index in [4.69, 9.17) is 24.9 Å². The minimum atomic E-state index is -2.10. The molecule has 1 saturated heterocycles. The Morgan fingerprint density at radius 1 is 0.684 bits per heavy atom. The lowest BCUT2D eigenvalue weighted by molar-refractivity contribution is -0.172. The number of halogens is 1. The second kappa shape index (κ2) is 39.2. The largest absolute Gasteiger partial charge is 0.458 e. The van der Waals surface area contributed by atoms with Crippen LogP contribution in [0.4, 0.5) is 4.39 Å². The lowest BCUT2D eigenvalue weighted by Gasteiger charge is -2.31. The van der Waals surface area contributed by atoms with E-state index in [-0.39, 0.29) is 61.4 Å². The van der Waals surface area contributed by atoms with Crippen molar-refractivity contribution < 1.29 is 115 Å². The number of rotatable bonds is 38. The molecule has 0 spiro atoms. The number of amides is 16. The van der Waals surface area contributed by atoms with Gasteiger partial charge in [0, 0.05) is 95.3 Å². The number of hydrogen-bond acceptors (Lipinski definition) is 25. The van der Waals surface area contributed by atoms with Gasteiger partial charge in [-0.05, 0) is 60.9 Å². The number of esters is 1. The number of nitrogens with two attached hydrogens (primary N) is 1. The van der Waals surface area contributed by atoms with E-state index in [1.54, 1.807) is 44.2 Å². The molecule has 9 rings (SSSR count). The van der Waals surface area contributed by atoms with Crippen molar-refractivity contribution in [3.8, 4) is 11.4 Å². The van der Waals surface area contributed by atoms with Crippen molar-refractivity contribution in [3.05, 3.63) is 110 Å². The molecule has 628 valence electrons. The van der Waals surface area contributed by atoms with Gasteiger partial charge in [0.25, 0.3) is 17.4 Å². The third-order valence-corrected chi connectivity index (χ3v) is 20.3. The Morgan fingerprint density at radius 3 is 1.92 bits per heavy atom. The van der Waals surface area contributed by atoms with Gasteiger partial charge in [0.1, 0.15) is 62.7 Å². The number of pyridine rings is 2. The Labute approximate surface area is 666 Å². The van der Waals surface area contributed by atoms with Crippen molar-refractivity contribution in [3.63, 3.8) is 0 Å². The quantitative estimate of drug-likeness (QED) is 0.00756.